The molecule has 0 saturated heterocycles. The third-order valence-electron chi connectivity index (χ3n) is 4.61. The molecular weight excluding hydrogens is 438 g/mol. The highest BCUT2D eigenvalue weighted by molar-refractivity contribution is 6.08. The van der Waals surface area contributed by atoms with Crippen LogP contribution in [0.15, 0.2) is 36.4 Å². The molecule has 3 rings (SSSR count). The number of methoxy groups -OCH3 is 3. The monoisotopic (exact) mass is 457 g/mol. The van der Waals surface area contributed by atoms with Gasteiger partial charge in [-0.3, -0.25) is 25.0 Å². The van der Waals surface area contributed by atoms with Crippen LogP contribution in [-0.4, -0.2) is 46.9 Å². The maximum absolute atomic E-state index is 13.1. The first kappa shape index (κ1) is 23.0. The largest absolute Gasteiger partial charge is 0.493 e. The standard InChI is InChI=1S/C20H19N5O8/c1-11-9-16(23(22-11)12-5-7-13(8-6-12)24(27)28)21-20(26)14-10-15(31-2)18(32-3)19(33-4)17(14)25(29)30/h5-10H,1-4H3,(H,21,26). The van der Waals surface area contributed by atoms with Crippen molar-refractivity contribution < 1.29 is 28.9 Å². The number of nitro benzene ring substituents is 2. The number of carbonyl (C=O) groups excluding carboxylic acids is 1. The van der Waals surface area contributed by atoms with Crippen LogP contribution in [0.5, 0.6) is 17.2 Å². The second-order valence-corrected chi connectivity index (χ2v) is 6.61. The Bertz CT molecular complexity index is 1240. The van der Waals surface area contributed by atoms with Crippen LogP contribution >= 0.6 is 0 Å². The van der Waals surface area contributed by atoms with Gasteiger partial charge < -0.3 is 19.5 Å². The molecule has 0 aliphatic carbocycles. The molecule has 13 nitrogen and oxygen atoms in total. The van der Waals surface area contributed by atoms with Crippen LogP contribution in [0.3, 0.4) is 0 Å². The molecule has 0 radical (unpaired) electrons. The van der Waals surface area contributed by atoms with E-state index < -0.39 is 21.4 Å². The summed E-state index contributed by atoms with van der Waals surface area (Å²) < 4.78 is 16.9. The first-order valence-electron chi connectivity index (χ1n) is 9.32. The molecule has 0 aliphatic heterocycles. The number of amides is 1. The second kappa shape index (κ2) is 9.21. The Kier molecular flexibility index (Phi) is 6.42. The number of nitro groups is 2. The average Bonchev–Trinajstić information content (AvgIpc) is 3.16. The topological polar surface area (TPSA) is 161 Å². The minimum Gasteiger partial charge on any atom is -0.493 e. The molecule has 1 aromatic heterocycles. The highest BCUT2D eigenvalue weighted by Crippen LogP contribution is 2.46. The Morgan fingerprint density at radius 3 is 2.12 bits per heavy atom. The fourth-order valence-corrected chi connectivity index (χ4v) is 3.18. The lowest BCUT2D eigenvalue weighted by atomic mass is 10.1. The molecule has 0 saturated carbocycles. The zero-order valence-electron chi connectivity index (χ0n) is 18.0. The van der Waals surface area contributed by atoms with E-state index in [9.17, 15) is 25.0 Å². The summed E-state index contributed by atoms with van der Waals surface area (Å²) in [5, 5.41) is 29.6. The lowest BCUT2D eigenvalue weighted by Crippen LogP contribution is -2.17. The zero-order valence-corrected chi connectivity index (χ0v) is 18.0. The van der Waals surface area contributed by atoms with Crippen LogP contribution in [-0.2, 0) is 0 Å². The van der Waals surface area contributed by atoms with Gasteiger partial charge in [-0.15, -0.1) is 0 Å². The van der Waals surface area contributed by atoms with Crippen LogP contribution in [0.25, 0.3) is 5.69 Å². The number of rotatable bonds is 8. The molecule has 0 spiro atoms. The Morgan fingerprint density at radius 1 is 0.970 bits per heavy atom. The number of ether oxygens (including phenoxy) is 3. The molecule has 13 heteroatoms. The van der Waals surface area contributed by atoms with E-state index in [0.29, 0.717) is 11.4 Å². The van der Waals surface area contributed by atoms with Crippen molar-refractivity contribution in [2.75, 3.05) is 26.6 Å². The SMILES string of the molecule is COc1cc(C(=O)Nc2cc(C)nn2-c2ccc([N+](=O)[O-])cc2)c([N+](=O)[O-])c(OC)c1OC. The molecule has 0 bridgehead atoms. The minimum absolute atomic E-state index is 0.0324. The summed E-state index contributed by atoms with van der Waals surface area (Å²) in [5.74, 6) is -0.884. The van der Waals surface area contributed by atoms with Gasteiger partial charge in [-0.2, -0.15) is 5.10 Å². The summed E-state index contributed by atoms with van der Waals surface area (Å²) in [7, 11) is 3.81. The molecule has 0 aliphatic rings. The van der Waals surface area contributed by atoms with E-state index in [1.54, 1.807) is 13.0 Å². The molecule has 33 heavy (non-hydrogen) atoms. The van der Waals surface area contributed by atoms with Gasteiger partial charge in [0.1, 0.15) is 11.4 Å². The van der Waals surface area contributed by atoms with Gasteiger partial charge in [-0.05, 0) is 19.1 Å². The normalized spacial score (nSPS) is 10.4. The maximum Gasteiger partial charge on any atom is 0.327 e. The molecule has 1 heterocycles. The van der Waals surface area contributed by atoms with Crippen molar-refractivity contribution in [1.82, 2.24) is 9.78 Å². The Hall–Kier alpha value is -4.68. The number of hydrogen-bond donors (Lipinski definition) is 1. The number of non-ortho nitro benzene ring substituents is 1. The quantitative estimate of drug-likeness (QED) is 0.395. The number of nitrogens with one attached hydrogen (secondary N) is 1. The van der Waals surface area contributed by atoms with Gasteiger partial charge in [-0.25, -0.2) is 4.68 Å². The molecule has 172 valence electrons. The third kappa shape index (κ3) is 4.37. The van der Waals surface area contributed by atoms with Gasteiger partial charge in [0.2, 0.25) is 11.5 Å². The van der Waals surface area contributed by atoms with Crippen molar-refractivity contribution in [3.8, 4) is 22.9 Å². The summed E-state index contributed by atoms with van der Waals surface area (Å²) >= 11 is 0. The van der Waals surface area contributed by atoms with Gasteiger partial charge in [-0.1, -0.05) is 0 Å². The molecule has 0 unspecified atom stereocenters. The lowest BCUT2D eigenvalue weighted by Gasteiger charge is -2.15. The maximum atomic E-state index is 13.1. The van der Waals surface area contributed by atoms with Gasteiger partial charge in [0, 0.05) is 24.3 Å². The smallest absolute Gasteiger partial charge is 0.327 e. The predicted octanol–water partition coefficient (Wildman–Crippen LogP) is 3.28. The van der Waals surface area contributed by atoms with Crippen molar-refractivity contribution >= 4 is 23.1 Å². The molecule has 2 aromatic carbocycles. The number of hydrogen-bond acceptors (Lipinski definition) is 9. The van der Waals surface area contributed by atoms with Gasteiger partial charge >= 0.3 is 5.69 Å². The molecule has 0 fully saturated rings. The van der Waals surface area contributed by atoms with Crippen LogP contribution in [0.4, 0.5) is 17.2 Å². The van der Waals surface area contributed by atoms with Crippen molar-refractivity contribution in [3.63, 3.8) is 0 Å². The van der Waals surface area contributed by atoms with E-state index in [2.05, 4.69) is 10.4 Å². The van der Waals surface area contributed by atoms with Crippen LogP contribution in [0, 0.1) is 27.2 Å². The van der Waals surface area contributed by atoms with Crippen molar-refractivity contribution in [1.29, 1.82) is 0 Å². The number of nitrogens with zero attached hydrogens (tertiary/aromatic N) is 4. The fraction of sp³-hybridized carbons (Fsp3) is 0.200. The number of benzene rings is 2. The summed E-state index contributed by atoms with van der Waals surface area (Å²) in [6.45, 7) is 1.68. The minimum atomic E-state index is -0.830. The predicted molar refractivity (Wildman–Crippen MR) is 116 cm³/mol. The van der Waals surface area contributed by atoms with Crippen molar-refractivity contribution in [2.24, 2.45) is 0 Å². The first-order valence-corrected chi connectivity index (χ1v) is 9.32. The molecule has 3 aromatic rings. The number of carbonyl (C=O) groups is 1. The van der Waals surface area contributed by atoms with Gasteiger partial charge in [0.25, 0.3) is 11.6 Å². The highest BCUT2D eigenvalue weighted by atomic mass is 16.6. The fourth-order valence-electron chi connectivity index (χ4n) is 3.18. The summed E-state index contributed by atoms with van der Waals surface area (Å²) in [6, 6.07) is 8.23. The van der Waals surface area contributed by atoms with E-state index >= 15 is 0 Å². The van der Waals surface area contributed by atoms with Crippen LogP contribution in [0.2, 0.25) is 0 Å². The highest BCUT2D eigenvalue weighted by Gasteiger charge is 2.33. The molecule has 0 atom stereocenters. The van der Waals surface area contributed by atoms with Gasteiger partial charge in [0.05, 0.1) is 42.6 Å². The van der Waals surface area contributed by atoms with Crippen molar-refractivity contribution in [3.05, 3.63) is 67.9 Å². The van der Waals surface area contributed by atoms with Crippen LogP contribution in [0.1, 0.15) is 16.1 Å². The Balaban J connectivity index is 2.07. The first-order chi connectivity index (χ1) is 15.7. The number of aromatic nitrogens is 2. The van der Waals surface area contributed by atoms with E-state index in [4.69, 9.17) is 14.2 Å². The van der Waals surface area contributed by atoms with E-state index in [0.717, 1.165) is 0 Å². The summed E-state index contributed by atoms with van der Waals surface area (Å²) in [6.07, 6.45) is 0. The molecule has 1 amide bonds. The average molecular weight is 457 g/mol. The van der Waals surface area contributed by atoms with E-state index in [1.165, 1.54) is 56.3 Å². The van der Waals surface area contributed by atoms with E-state index in [-0.39, 0.29) is 34.3 Å². The third-order valence-corrected chi connectivity index (χ3v) is 4.61. The summed E-state index contributed by atoms with van der Waals surface area (Å²) in [5.41, 5.74) is -0.0814. The number of anilines is 1. The van der Waals surface area contributed by atoms with Gasteiger partial charge in [0.15, 0.2) is 5.75 Å². The van der Waals surface area contributed by atoms with Crippen LogP contribution < -0.4 is 19.5 Å². The van der Waals surface area contributed by atoms with Crippen molar-refractivity contribution in [2.45, 2.75) is 6.92 Å². The van der Waals surface area contributed by atoms with E-state index in [1.807, 2.05) is 0 Å². The Labute approximate surface area is 186 Å². The Morgan fingerprint density at radius 2 is 1.61 bits per heavy atom. The molecular formula is C20H19N5O8. The lowest BCUT2D eigenvalue weighted by molar-refractivity contribution is -0.386. The second-order valence-electron chi connectivity index (χ2n) is 6.61. The summed E-state index contributed by atoms with van der Waals surface area (Å²) in [4.78, 5) is 34.5. The zero-order chi connectivity index (χ0) is 24.3. The number of aryl methyl sites for hydroxylation is 1. The molecule has 1 N–H and O–H groups in total.